The average molecular weight is 244 g/mol. The zero-order valence-corrected chi connectivity index (χ0v) is 11.7. The second-order valence-electron chi connectivity index (χ2n) is 4.81. The molecule has 0 heterocycles. The summed E-state index contributed by atoms with van der Waals surface area (Å²) in [5.74, 6) is 0.252. The second kappa shape index (κ2) is 7.86. The number of carbonyl (C=O) groups is 1. The van der Waals surface area contributed by atoms with E-state index in [9.17, 15) is 4.79 Å². The number of ketones is 1. The van der Waals surface area contributed by atoms with Crippen molar-refractivity contribution in [1.82, 2.24) is 0 Å². The number of allylic oxidation sites excluding steroid dienone is 1. The maximum atomic E-state index is 11.8. The molecule has 1 heteroatoms. The van der Waals surface area contributed by atoms with E-state index in [0.29, 0.717) is 6.42 Å². The highest BCUT2D eigenvalue weighted by atomic mass is 16.1. The molecule has 1 aromatic carbocycles. The SMILES string of the molecule is C=C(CCCC)c1ccc(C(=O)CCCC)cc1. The molecule has 0 saturated carbocycles. The lowest BCUT2D eigenvalue weighted by Crippen LogP contribution is -1.98. The molecule has 0 atom stereocenters. The number of unbranched alkanes of at least 4 members (excludes halogenated alkanes) is 2. The smallest absolute Gasteiger partial charge is 0.162 e. The van der Waals surface area contributed by atoms with E-state index in [1.807, 2.05) is 24.3 Å². The molecule has 1 aromatic rings. The van der Waals surface area contributed by atoms with Crippen molar-refractivity contribution >= 4 is 11.4 Å². The van der Waals surface area contributed by atoms with Crippen LogP contribution in [0.25, 0.3) is 5.57 Å². The fourth-order valence-electron chi connectivity index (χ4n) is 1.91. The monoisotopic (exact) mass is 244 g/mol. The first kappa shape index (κ1) is 14.7. The van der Waals surface area contributed by atoms with E-state index in [4.69, 9.17) is 0 Å². The fourth-order valence-corrected chi connectivity index (χ4v) is 1.91. The average Bonchev–Trinajstić information content (AvgIpc) is 2.42. The number of rotatable bonds is 8. The van der Waals surface area contributed by atoms with Crippen LogP contribution in [0.15, 0.2) is 30.8 Å². The molecule has 0 saturated heterocycles. The summed E-state index contributed by atoms with van der Waals surface area (Å²) in [6.45, 7) is 8.39. The van der Waals surface area contributed by atoms with Crippen LogP contribution >= 0.6 is 0 Å². The van der Waals surface area contributed by atoms with Crippen LogP contribution in [0.5, 0.6) is 0 Å². The molecule has 18 heavy (non-hydrogen) atoms. The van der Waals surface area contributed by atoms with Gasteiger partial charge in [-0.1, -0.05) is 57.5 Å². The number of Topliss-reactive ketones (excluding diaryl/α,β-unsaturated/α-hetero) is 1. The van der Waals surface area contributed by atoms with Gasteiger partial charge < -0.3 is 0 Å². The van der Waals surface area contributed by atoms with Gasteiger partial charge in [-0.15, -0.1) is 0 Å². The minimum absolute atomic E-state index is 0.252. The van der Waals surface area contributed by atoms with Crippen molar-refractivity contribution in [3.63, 3.8) is 0 Å². The van der Waals surface area contributed by atoms with E-state index in [2.05, 4.69) is 20.4 Å². The first-order valence-corrected chi connectivity index (χ1v) is 7.00. The van der Waals surface area contributed by atoms with Gasteiger partial charge in [0.05, 0.1) is 0 Å². The maximum Gasteiger partial charge on any atom is 0.162 e. The number of hydrogen-bond acceptors (Lipinski definition) is 1. The van der Waals surface area contributed by atoms with Crippen molar-refractivity contribution in [2.45, 2.75) is 52.4 Å². The fraction of sp³-hybridized carbons (Fsp3) is 0.471. The van der Waals surface area contributed by atoms with Crippen LogP contribution in [0.4, 0.5) is 0 Å². The Morgan fingerprint density at radius 2 is 1.44 bits per heavy atom. The summed E-state index contributed by atoms with van der Waals surface area (Å²) < 4.78 is 0. The Morgan fingerprint density at radius 3 is 2.00 bits per heavy atom. The normalized spacial score (nSPS) is 10.3. The topological polar surface area (TPSA) is 17.1 Å². The summed E-state index contributed by atoms with van der Waals surface area (Å²) in [6, 6.07) is 7.92. The molecule has 1 rings (SSSR count). The van der Waals surface area contributed by atoms with Gasteiger partial charge in [0.1, 0.15) is 0 Å². The minimum atomic E-state index is 0.252. The largest absolute Gasteiger partial charge is 0.294 e. The van der Waals surface area contributed by atoms with Gasteiger partial charge in [0, 0.05) is 12.0 Å². The Kier molecular flexibility index (Phi) is 6.42. The van der Waals surface area contributed by atoms with Gasteiger partial charge in [-0.2, -0.15) is 0 Å². The molecule has 0 aliphatic rings. The van der Waals surface area contributed by atoms with E-state index in [1.165, 1.54) is 18.4 Å². The van der Waals surface area contributed by atoms with Gasteiger partial charge in [-0.25, -0.2) is 0 Å². The van der Waals surface area contributed by atoms with E-state index in [-0.39, 0.29) is 5.78 Å². The zero-order valence-electron chi connectivity index (χ0n) is 11.7. The first-order chi connectivity index (χ1) is 8.69. The van der Waals surface area contributed by atoms with Crippen LogP contribution in [0.1, 0.15) is 68.3 Å². The molecule has 1 nitrogen and oxygen atoms in total. The van der Waals surface area contributed by atoms with Gasteiger partial charge in [0.25, 0.3) is 0 Å². The Labute approximate surface area is 111 Å². The Morgan fingerprint density at radius 1 is 0.944 bits per heavy atom. The number of hydrogen-bond donors (Lipinski definition) is 0. The van der Waals surface area contributed by atoms with E-state index < -0.39 is 0 Å². The molecule has 0 radical (unpaired) electrons. The lowest BCUT2D eigenvalue weighted by atomic mass is 9.98. The zero-order chi connectivity index (χ0) is 13.4. The Hall–Kier alpha value is -1.37. The van der Waals surface area contributed by atoms with Gasteiger partial charge in [0.15, 0.2) is 5.78 Å². The molecule has 0 unspecified atom stereocenters. The van der Waals surface area contributed by atoms with Crippen LogP contribution in [0, 0.1) is 0 Å². The molecule has 0 N–H and O–H groups in total. The van der Waals surface area contributed by atoms with Crippen molar-refractivity contribution in [3.8, 4) is 0 Å². The quantitative estimate of drug-likeness (QED) is 0.570. The van der Waals surface area contributed by atoms with Crippen molar-refractivity contribution in [3.05, 3.63) is 42.0 Å². The predicted octanol–water partition coefficient (Wildman–Crippen LogP) is 5.26. The molecule has 0 aromatic heterocycles. The van der Waals surface area contributed by atoms with Gasteiger partial charge in [-0.3, -0.25) is 4.79 Å². The van der Waals surface area contributed by atoms with Crippen LogP contribution in [-0.4, -0.2) is 5.78 Å². The molecular weight excluding hydrogens is 220 g/mol. The molecule has 0 fully saturated rings. The minimum Gasteiger partial charge on any atom is -0.294 e. The van der Waals surface area contributed by atoms with Crippen LogP contribution in [-0.2, 0) is 0 Å². The Balaban J connectivity index is 2.62. The summed E-state index contributed by atoms with van der Waals surface area (Å²) in [7, 11) is 0. The van der Waals surface area contributed by atoms with E-state index in [0.717, 1.165) is 30.4 Å². The first-order valence-electron chi connectivity index (χ1n) is 7.00. The van der Waals surface area contributed by atoms with Crippen LogP contribution in [0.3, 0.4) is 0 Å². The molecule has 0 spiro atoms. The predicted molar refractivity (Wildman–Crippen MR) is 78.9 cm³/mol. The van der Waals surface area contributed by atoms with E-state index >= 15 is 0 Å². The second-order valence-corrected chi connectivity index (χ2v) is 4.81. The van der Waals surface area contributed by atoms with E-state index in [1.54, 1.807) is 0 Å². The molecule has 0 amide bonds. The van der Waals surface area contributed by atoms with Crippen LogP contribution < -0.4 is 0 Å². The van der Waals surface area contributed by atoms with Crippen LogP contribution in [0.2, 0.25) is 0 Å². The van der Waals surface area contributed by atoms with Gasteiger partial charge in [0.2, 0.25) is 0 Å². The van der Waals surface area contributed by atoms with Crippen molar-refractivity contribution in [2.24, 2.45) is 0 Å². The van der Waals surface area contributed by atoms with Crippen molar-refractivity contribution in [1.29, 1.82) is 0 Å². The Bertz CT molecular complexity index is 348. The lowest BCUT2D eigenvalue weighted by molar-refractivity contribution is 0.0980. The van der Waals surface area contributed by atoms with Crippen molar-refractivity contribution in [2.75, 3.05) is 0 Å². The van der Waals surface area contributed by atoms with Gasteiger partial charge in [-0.05, 0) is 30.4 Å². The third-order valence-corrected chi connectivity index (χ3v) is 3.20. The van der Waals surface area contributed by atoms with Gasteiger partial charge >= 0.3 is 0 Å². The highest BCUT2D eigenvalue weighted by Gasteiger charge is 2.05. The summed E-state index contributed by atoms with van der Waals surface area (Å²) in [4.78, 5) is 11.8. The maximum absolute atomic E-state index is 11.8. The third-order valence-electron chi connectivity index (χ3n) is 3.20. The molecule has 0 bridgehead atoms. The summed E-state index contributed by atoms with van der Waals surface area (Å²) in [6.07, 6.45) is 6.11. The summed E-state index contributed by atoms with van der Waals surface area (Å²) in [5, 5.41) is 0. The molecular formula is C17H24O. The standard InChI is InChI=1S/C17H24O/c1-4-6-8-14(3)15-10-12-16(13-11-15)17(18)9-7-5-2/h10-13H,3-9H2,1-2H3. The summed E-state index contributed by atoms with van der Waals surface area (Å²) >= 11 is 0. The molecule has 98 valence electrons. The summed E-state index contributed by atoms with van der Waals surface area (Å²) in [5.41, 5.74) is 3.16. The molecule has 0 aliphatic carbocycles. The highest BCUT2D eigenvalue weighted by molar-refractivity contribution is 5.96. The third kappa shape index (κ3) is 4.48. The highest BCUT2D eigenvalue weighted by Crippen LogP contribution is 2.19. The lowest BCUT2D eigenvalue weighted by Gasteiger charge is -2.06. The number of benzene rings is 1. The van der Waals surface area contributed by atoms with Crippen molar-refractivity contribution < 1.29 is 4.79 Å². The molecule has 0 aliphatic heterocycles. The number of carbonyl (C=O) groups excluding carboxylic acids is 1.